The van der Waals surface area contributed by atoms with Crippen LogP contribution < -0.4 is 4.90 Å². The van der Waals surface area contributed by atoms with E-state index in [1.807, 2.05) is 25.7 Å². The number of fused-ring (bicyclic) bond motifs is 2. The summed E-state index contributed by atoms with van der Waals surface area (Å²) < 4.78 is 43.6. The molecule has 2 unspecified atom stereocenters. The monoisotopic (exact) mass is 393 g/mol. The molecule has 5 rings (SSSR count). The number of piperidine rings is 1. The Kier molecular flexibility index (Phi) is 4.27. The van der Waals surface area contributed by atoms with Crippen LogP contribution >= 0.6 is 0 Å². The number of aromatic nitrogens is 3. The van der Waals surface area contributed by atoms with Crippen LogP contribution in [0.25, 0.3) is 0 Å². The van der Waals surface area contributed by atoms with Crippen LogP contribution in [0.1, 0.15) is 37.7 Å². The maximum absolute atomic E-state index is 13.4. The third-order valence-electron chi connectivity index (χ3n) is 5.48. The zero-order chi connectivity index (χ0) is 19.5. The SMILES string of the molecule is Cc1nn(C(C)C)c(C)c1S(=O)(=O)N1C2CC1CN(c1ccnc(F)c1)C2. The number of nitrogens with zero attached hydrogens (tertiary/aromatic N) is 5. The molecule has 2 aromatic rings. The van der Waals surface area contributed by atoms with E-state index in [1.165, 1.54) is 12.3 Å². The zero-order valence-electron chi connectivity index (χ0n) is 15.9. The van der Waals surface area contributed by atoms with E-state index in [0.717, 1.165) is 12.1 Å². The highest BCUT2D eigenvalue weighted by atomic mass is 32.2. The molecule has 0 spiro atoms. The third-order valence-corrected chi connectivity index (χ3v) is 7.74. The van der Waals surface area contributed by atoms with E-state index in [9.17, 15) is 12.8 Å². The van der Waals surface area contributed by atoms with Gasteiger partial charge in [-0.3, -0.25) is 4.68 Å². The molecule has 0 N–H and O–H groups in total. The Labute approximate surface area is 158 Å². The molecule has 146 valence electrons. The number of rotatable bonds is 4. The number of sulfonamides is 1. The van der Waals surface area contributed by atoms with E-state index in [2.05, 4.69) is 10.1 Å². The van der Waals surface area contributed by atoms with Crippen LogP contribution in [0.15, 0.2) is 23.2 Å². The predicted octanol–water partition coefficient (Wildman–Crippen LogP) is 2.27. The minimum Gasteiger partial charge on any atom is -0.368 e. The number of piperazine rings is 1. The molecule has 3 fully saturated rings. The van der Waals surface area contributed by atoms with Crippen molar-refractivity contribution in [3.63, 3.8) is 0 Å². The number of pyridine rings is 1. The average molecular weight is 393 g/mol. The predicted molar refractivity (Wildman–Crippen MR) is 99.7 cm³/mol. The van der Waals surface area contributed by atoms with Crippen molar-refractivity contribution in [1.29, 1.82) is 0 Å². The smallest absolute Gasteiger partial charge is 0.247 e. The van der Waals surface area contributed by atoms with Gasteiger partial charge in [-0.1, -0.05) is 0 Å². The summed E-state index contributed by atoms with van der Waals surface area (Å²) in [6.07, 6.45) is 2.27. The fourth-order valence-corrected chi connectivity index (χ4v) is 6.58. The second kappa shape index (κ2) is 6.27. The first-order valence-corrected chi connectivity index (χ1v) is 10.6. The number of halogens is 1. The molecule has 0 aromatic carbocycles. The van der Waals surface area contributed by atoms with Gasteiger partial charge in [0.1, 0.15) is 4.90 Å². The molecule has 9 heteroatoms. The maximum atomic E-state index is 13.4. The molecule has 5 heterocycles. The fourth-order valence-electron chi connectivity index (χ4n) is 4.40. The first-order valence-electron chi connectivity index (χ1n) is 9.16. The van der Waals surface area contributed by atoms with E-state index >= 15 is 0 Å². The first kappa shape index (κ1) is 18.4. The van der Waals surface area contributed by atoms with Gasteiger partial charge in [-0.05, 0) is 40.2 Å². The largest absolute Gasteiger partial charge is 0.368 e. The summed E-state index contributed by atoms with van der Waals surface area (Å²) in [4.78, 5) is 5.95. The Bertz CT molecular complexity index is 976. The van der Waals surface area contributed by atoms with E-state index in [-0.39, 0.29) is 18.1 Å². The van der Waals surface area contributed by atoms with Gasteiger partial charge in [0.2, 0.25) is 16.0 Å². The van der Waals surface area contributed by atoms with Gasteiger partial charge in [-0.2, -0.15) is 13.8 Å². The molecule has 2 atom stereocenters. The fraction of sp³-hybridized carbons (Fsp3) is 0.556. The van der Waals surface area contributed by atoms with E-state index < -0.39 is 16.0 Å². The van der Waals surface area contributed by atoms with Crippen LogP contribution in [0.2, 0.25) is 0 Å². The molecule has 2 bridgehead atoms. The summed E-state index contributed by atoms with van der Waals surface area (Å²) in [5.41, 5.74) is 1.97. The van der Waals surface area contributed by atoms with Crippen molar-refractivity contribution >= 4 is 15.7 Å². The van der Waals surface area contributed by atoms with Crippen LogP contribution in [0, 0.1) is 19.8 Å². The van der Waals surface area contributed by atoms with Gasteiger partial charge in [-0.15, -0.1) is 0 Å². The molecule has 0 amide bonds. The van der Waals surface area contributed by atoms with E-state index in [4.69, 9.17) is 0 Å². The maximum Gasteiger partial charge on any atom is 0.247 e. The van der Waals surface area contributed by atoms with Gasteiger partial charge in [0.05, 0.1) is 11.4 Å². The Morgan fingerprint density at radius 2 is 1.89 bits per heavy atom. The summed E-state index contributed by atoms with van der Waals surface area (Å²) in [5.74, 6) is -0.524. The quantitative estimate of drug-likeness (QED) is 0.745. The van der Waals surface area contributed by atoms with E-state index in [1.54, 1.807) is 22.0 Å². The number of aryl methyl sites for hydroxylation is 1. The molecule has 2 aromatic heterocycles. The first-order chi connectivity index (χ1) is 12.7. The molecular weight excluding hydrogens is 369 g/mol. The second-order valence-corrected chi connectivity index (χ2v) is 9.44. The summed E-state index contributed by atoms with van der Waals surface area (Å²) in [7, 11) is -3.61. The van der Waals surface area contributed by atoms with Crippen LogP contribution in [-0.2, 0) is 10.0 Å². The standard InChI is InChI=1S/C18H24FN5O2S/c1-11(2)23-13(4)18(12(3)21-23)27(25,26)24-15-7-16(24)10-22(9-15)14-5-6-20-17(19)8-14/h5-6,8,11,15-16H,7,9-10H2,1-4H3. The van der Waals surface area contributed by atoms with E-state index in [0.29, 0.717) is 29.4 Å². The number of hydrogen-bond acceptors (Lipinski definition) is 5. The lowest BCUT2D eigenvalue weighted by Gasteiger charge is -2.55. The summed E-state index contributed by atoms with van der Waals surface area (Å²) in [6.45, 7) is 8.64. The Morgan fingerprint density at radius 1 is 1.22 bits per heavy atom. The Balaban J connectivity index is 1.61. The Hall–Kier alpha value is -2.00. The molecular formula is C18H24FN5O2S. The summed E-state index contributed by atoms with van der Waals surface area (Å²) in [6, 6.07) is 3.04. The van der Waals surface area contributed by atoms with Gasteiger partial charge < -0.3 is 4.90 Å². The summed E-state index contributed by atoms with van der Waals surface area (Å²) >= 11 is 0. The van der Waals surface area contributed by atoms with Gasteiger partial charge in [0.15, 0.2) is 0 Å². The molecule has 3 aliphatic rings. The van der Waals surface area contributed by atoms with Gasteiger partial charge in [-0.25, -0.2) is 13.4 Å². The average Bonchev–Trinajstić information content (AvgIpc) is 2.90. The number of hydrogen-bond donors (Lipinski definition) is 0. The van der Waals surface area contributed by atoms with Gasteiger partial charge in [0.25, 0.3) is 0 Å². The van der Waals surface area contributed by atoms with Crippen molar-refractivity contribution < 1.29 is 12.8 Å². The van der Waals surface area contributed by atoms with Crippen LogP contribution in [0.3, 0.4) is 0 Å². The minimum absolute atomic E-state index is 0.0978. The molecule has 3 aliphatic heterocycles. The molecule has 27 heavy (non-hydrogen) atoms. The van der Waals surface area contributed by atoms with Gasteiger partial charge in [0, 0.05) is 49.2 Å². The highest BCUT2D eigenvalue weighted by molar-refractivity contribution is 7.89. The van der Waals surface area contributed by atoms with Crippen LogP contribution in [-0.4, -0.2) is 52.7 Å². The van der Waals surface area contributed by atoms with Crippen molar-refractivity contribution in [1.82, 2.24) is 19.1 Å². The lowest BCUT2D eigenvalue weighted by Crippen LogP contribution is -2.70. The van der Waals surface area contributed by atoms with Crippen molar-refractivity contribution in [2.75, 3.05) is 18.0 Å². The molecule has 0 aliphatic carbocycles. The van der Waals surface area contributed by atoms with Crippen LogP contribution in [0.4, 0.5) is 10.1 Å². The minimum atomic E-state index is -3.61. The van der Waals surface area contributed by atoms with Crippen molar-refractivity contribution in [3.05, 3.63) is 35.7 Å². The van der Waals surface area contributed by atoms with Crippen molar-refractivity contribution in [2.45, 2.75) is 57.1 Å². The normalized spacial score (nSPS) is 23.0. The molecule has 3 saturated heterocycles. The third kappa shape index (κ3) is 2.84. The Morgan fingerprint density at radius 3 is 2.44 bits per heavy atom. The molecule has 0 saturated carbocycles. The lowest BCUT2D eigenvalue weighted by atomic mass is 9.91. The van der Waals surface area contributed by atoms with Crippen LogP contribution in [0.5, 0.6) is 0 Å². The topological polar surface area (TPSA) is 71.3 Å². The number of anilines is 1. The second-order valence-electron chi connectivity index (χ2n) is 7.66. The molecule has 7 nitrogen and oxygen atoms in total. The van der Waals surface area contributed by atoms with Crippen molar-refractivity contribution in [2.24, 2.45) is 0 Å². The zero-order valence-corrected chi connectivity index (χ0v) is 16.7. The highest BCUT2D eigenvalue weighted by Gasteiger charge is 2.52. The van der Waals surface area contributed by atoms with Gasteiger partial charge >= 0.3 is 0 Å². The molecule has 0 radical (unpaired) electrons. The lowest BCUT2D eigenvalue weighted by molar-refractivity contribution is 0.0877. The highest BCUT2D eigenvalue weighted by Crippen LogP contribution is 2.40. The summed E-state index contributed by atoms with van der Waals surface area (Å²) in [5, 5.41) is 4.43. The van der Waals surface area contributed by atoms with Crippen molar-refractivity contribution in [3.8, 4) is 0 Å².